The van der Waals surface area contributed by atoms with Crippen LogP contribution in [-0.2, 0) is 0 Å². The van der Waals surface area contributed by atoms with E-state index in [9.17, 15) is 8.78 Å². The van der Waals surface area contributed by atoms with Crippen molar-refractivity contribution >= 4 is 0 Å². The first-order valence-corrected chi connectivity index (χ1v) is 2.61. The normalized spacial score (nSPS) is 12.6. The van der Waals surface area contributed by atoms with E-state index in [1.165, 1.54) is 0 Å². The highest BCUT2D eigenvalue weighted by Gasteiger charge is 2.12. The van der Waals surface area contributed by atoms with Crippen molar-refractivity contribution < 1.29 is 8.78 Å². The van der Waals surface area contributed by atoms with Crippen LogP contribution in [0.3, 0.4) is 0 Å². The first-order chi connectivity index (χ1) is 4.18. The standard InChI is InChI=1S/C6H9F2N/c1-2-3-4-5(9)6(7)8/h5-6H,4,9H2,1H3. The second-order valence-electron chi connectivity index (χ2n) is 1.63. The summed E-state index contributed by atoms with van der Waals surface area (Å²) < 4.78 is 23.1. The van der Waals surface area contributed by atoms with Crippen molar-refractivity contribution in [1.82, 2.24) is 0 Å². The summed E-state index contributed by atoms with van der Waals surface area (Å²) in [5.41, 5.74) is 4.95. The van der Waals surface area contributed by atoms with Crippen LogP contribution in [0.25, 0.3) is 0 Å². The topological polar surface area (TPSA) is 26.0 Å². The minimum absolute atomic E-state index is 0.0775. The predicted molar refractivity (Wildman–Crippen MR) is 32.0 cm³/mol. The molecule has 1 nitrogen and oxygen atoms in total. The van der Waals surface area contributed by atoms with Gasteiger partial charge in [-0.3, -0.25) is 0 Å². The van der Waals surface area contributed by atoms with E-state index in [0.29, 0.717) is 0 Å². The van der Waals surface area contributed by atoms with Gasteiger partial charge < -0.3 is 5.73 Å². The molecule has 0 bridgehead atoms. The molecule has 0 saturated heterocycles. The van der Waals surface area contributed by atoms with Crippen LogP contribution in [0.15, 0.2) is 0 Å². The molecule has 0 aliphatic rings. The second kappa shape index (κ2) is 4.28. The number of alkyl halides is 2. The number of rotatable bonds is 2. The van der Waals surface area contributed by atoms with E-state index >= 15 is 0 Å². The van der Waals surface area contributed by atoms with Gasteiger partial charge in [0.15, 0.2) is 0 Å². The molecule has 2 N–H and O–H groups in total. The molecular weight excluding hydrogens is 124 g/mol. The van der Waals surface area contributed by atoms with Crippen LogP contribution >= 0.6 is 0 Å². The Hall–Kier alpha value is -0.620. The van der Waals surface area contributed by atoms with Gasteiger partial charge in [-0.05, 0) is 6.92 Å². The van der Waals surface area contributed by atoms with Gasteiger partial charge in [-0.2, -0.15) is 0 Å². The van der Waals surface area contributed by atoms with Crippen LogP contribution in [0, 0.1) is 11.8 Å². The van der Waals surface area contributed by atoms with Gasteiger partial charge in [0.1, 0.15) is 0 Å². The summed E-state index contributed by atoms with van der Waals surface area (Å²) in [6.45, 7) is 1.60. The van der Waals surface area contributed by atoms with Crippen molar-refractivity contribution in [2.45, 2.75) is 25.8 Å². The molecule has 1 unspecified atom stereocenters. The van der Waals surface area contributed by atoms with Gasteiger partial charge in [-0.25, -0.2) is 8.78 Å². The second-order valence-corrected chi connectivity index (χ2v) is 1.63. The molecule has 0 aliphatic heterocycles. The van der Waals surface area contributed by atoms with E-state index in [-0.39, 0.29) is 6.42 Å². The predicted octanol–water partition coefficient (Wildman–Crippen LogP) is 0.992. The van der Waals surface area contributed by atoms with Crippen LogP contribution < -0.4 is 5.73 Å². The zero-order valence-electron chi connectivity index (χ0n) is 5.20. The van der Waals surface area contributed by atoms with Gasteiger partial charge in [0.2, 0.25) is 0 Å². The summed E-state index contributed by atoms with van der Waals surface area (Å²) in [6, 6.07) is -1.09. The summed E-state index contributed by atoms with van der Waals surface area (Å²) >= 11 is 0. The smallest absolute Gasteiger partial charge is 0.254 e. The first-order valence-electron chi connectivity index (χ1n) is 2.61. The Morgan fingerprint density at radius 3 is 2.44 bits per heavy atom. The van der Waals surface area contributed by atoms with Gasteiger partial charge in [0, 0.05) is 6.42 Å². The third kappa shape index (κ3) is 3.92. The molecule has 0 saturated carbocycles. The maximum Gasteiger partial charge on any atom is 0.254 e. The fourth-order valence-corrected chi connectivity index (χ4v) is 0.309. The fourth-order valence-electron chi connectivity index (χ4n) is 0.309. The third-order valence-electron chi connectivity index (χ3n) is 0.838. The minimum atomic E-state index is -2.45. The Balaban J connectivity index is 3.46. The summed E-state index contributed by atoms with van der Waals surface area (Å²) in [7, 11) is 0. The van der Waals surface area contributed by atoms with Crippen LogP contribution in [0.2, 0.25) is 0 Å². The molecule has 0 spiro atoms. The summed E-state index contributed by atoms with van der Waals surface area (Å²) in [5, 5.41) is 0. The Labute approximate surface area is 53.2 Å². The van der Waals surface area contributed by atoms with E-state index in [0.717, 1.165) is 0 Å². The van der Waals surface area contributed by atoms with Crippen LogP contribution in [-0.4, -0.2) is 12.5 Å². The Morgan fingerprint density at radius 1 is 1.56 bits per heavy atom. The molecule has 0 aliphatic carbocycles. The van der Waals surface area contributed by atoms with Crippen molar-refractivity contribution in [3.8, 4) is 11.8 Å². The van der Waals surface area contributed by atoms with Gasteiger partial charge in [0.25, 0.3) is 6.43 Å². The molecule has 0 heterocycles. The lowest BCUT2D eigenvalue weighted by atomic mass is 10.2. The zero-order valence-corrected chi connectivity index (χ0v) is 5.20. The minimum Gasteiger partial charge on any atom is -0.322 e. The molecule has 0 aromatic heterocycles. The fraction of sp³-hybridized carbons (Fsp3) is 0.667. The molecule has 9 heavy (non-hydrogen) atoms. The number of hydrogen-bond acceptors (Lipinski definition) is 1. The summed E-state index contributed by atoms with van der Waals surface area (Å²) in [6.07, 6.45) is -2.38. The molecule has 0 radical (unpaired) electrons. The number of halogens is 2. The number of nitrogens with two attached hydrogens (primary N) is 1. The third-order valence-corrected chi connectivity index (χ3v) is 0.838. The molecule has 0 rings (SSSR count). The molecule has 0 amide bonds. The lowest BCUT2D eigenvalue weighted by Crippen LogP contribution is -2.27. The average molecular weight is 133 g/mol. The monoisotopic (exact) mass is 133 g/mol. The quantitative estimate of drug-likeness (QED) is 0.558. The van der Waals surface area contributed by atoms with Gasteiger partial charge in [0.05, 0.1) is 6.04 Å². The van der Waals surface area contributed by atoms with Crippen LogP contribution in [0.1, 0.15) is 13.3 Å². The van der Waals surface area contributed by atoms with Crippen molar-refractivity contribution in [2.24, 2.45) is 5.73 Å². The van der Waals surface area contributed by atoms with Crippen LogP contribution in [0.4, 0.5) is 8.78 Å². The zero-order chi connectivity index (χ0) is 7.28. The van der Waals surface area contributed by atoms with Crippen molar-refractivity contribution in [3.63, 3.8) is 0 Å². The number of hydrogen-bond donors (Lipinski definition) is 1. The lowest BCUT2D eigenvalue weighted by molar-refractivity contribution is 0.118. The van der Waals surface area contributed by atoms with E-state index < -0.39 is 12.5 Å². The Kier molecular flexibility index (Phi) is 3.98. The molecule has 0 aromatic rings. The van der Waals surface area contributed by atoms with Gasteiger partial charge in [-0.15, -0.1) is 11.8 Å². The van der Waals surface area contributed by atoms with Crippen molar-refractivity contribution in [1.29, 1.82) is 0 Å². The SMILES string of the molecule is CC#CCC(N)C(F)F. The van der Waals surface area contributed by atoms with E-state index in [2.05, 4.69) is 11.8 Å². The molecule has 3 heteroatoms. The van der Waals surface area contributed by atoms with Gasteiger partial charge >= 0.3 is 0 Å². The molecule has 1 atom stereocenters. The van der Waals surface area contributed by atoms with E-state index in [4.69, 9.17) is 5.73 Å². The lowest BCUT2D eigenvalue weighted by Gasteiger charge is -2.03. The van der Waals surface area contributed by atoms with Crippen molar-refractivity contribution in [2.75, 3.05) is 0 Å². The van der Waals surface area contributed by atoms with E-state index in [1.807, 2.05) is 0 Å². The maximum atomic E-state index is 11.6. The molecule has 0 fully saturated rings. The highest BCUT2D eigenvalue weighted by atomic mass is 19.3. The van der Waals surface area contributed by atoms with Crippen molar-refractivity contribution in [3.05, 3.63) is 0 Å². The van der Waals surface area contributed by atoms with Crippen LogP contribution in [0.5, 0.6) is 0 Å². The first kappa shape index (κ1) is 8.38. The molecular formula is C6H9F2N. The molecule has 52 valence electrons. The Morgan fingerprint density at radius 2 is 2.11 bits per heavy atom. The highest BCUT2D eigenvalue weighted by molar-refractivity contribution is 4.97. The van der Waals surface area contributed by atoms with Gasteiger partial charge in [-0.1, -0.05) is 0 Å². The molecule has 0 aromatic carbocycles. The maximum absolute atomic E-state index is 11.6. The highest BCUT2D eigenvalue weighted by Crippen LogP contribution is 2.00. The summed E-state index contributed by atoms with van der Waals surface area (Å²) in [5.74, 6) is 4.96. The average Bonchev–Trinajstić information content (AvgIpc) is 1.82. The Bertz CT molecular complexity index is 123. The van der Waals surface area contributed by atoms with E-state index in [1.54, 1.807) is 6.92 Å². The largest absolute Gasteiger partial charge is 0.322 e. The summed E-state index contributed by atoms with van der Waals surface area (Å²) in [4.78, 5) is 0.